The van der Waals surface area contributed by atoms with E-state index in [0.717, 1.165) is 5.56 Å². The van der Waals surface area contributed by atoms with Gasteiger partial charge in [0.25, 0.3) is 0 Å². The van der Waals surface area contributed by atoms with Gasteiger partial charge in [-0.25, -0.2) is 4.68 Å². The van der Waals surface area contributed by atoms with Crippen LogP contribution in [0.2, 0.25) is 0 Å². The molecule has 0 saturated carbocycles. The standard InChI is InChI=1S/C11H11N3O/c15-13-11(14-8-4-7-12-14)9-10-5-2-1-3-6-10/h1-8,15H,9H2/b13-11-. The quantitative estimate of drug-likeness (QED) is 0.348. The van der Waals surface area contributed by atoms with Crippen molar-refractivity contribution in [3.63, 3.8) is 0 Å². The van der Waals surface area contributed by atoms with Gasteiger partial charge in [-0.1, -0.05) is 35.5 Å². The van der Waals surface area contributed by atoms with Gasteiger partial charge in [0.05, 0.1) is 0 Å². The second-order valence-electron chi connectivity index (χ2n) is 3.13. The van der Waals surface area contributed by atoms with Crippen LogP contribution in [0.15, 0.2) is 53.9 Å². The van der Waals surface area contributed by atoms with Crippen molar-refractivity contribution >= 4 is 5.84 Å². The van der Waals surface area contributed by atoms with Crippen LogP contribution in [0, 0.1) is 0 Å². The molecule has 0 unspecified atom stereocenters. The van der Waals surface area contributed by atoms with Crippen molar-refractivity contribution in [3.8, 4) is 0 Å². The van der Waals surface area contributed by atoms with Crippen molar-refractivity contribution in [1.29, 1.82) is 0 Å². The maximum absolute atomic E-state index is 8.89. The lowest BCUT2D eigenvalue weighted by Crippen LogP contribution is -2.15. The van der Waals surface area contributed by atoms with Crippen molar-refractivity contribution in [3.05, 3.63) is 54.4 Å². The number of hydrogen-bond donors (Lipinski definition) is 1. The Hall–Kier alpha value is -2.10. The van der Waals surface area contributed by atoms with Crippen LogP contribution in [0.5, 0.6) is 0 Å². The first kappa shape index (κ1) is 9.45. The number of nitrogens with zero attached hydrogens (tertiary/aromatic N) is 3. The summed E-state index contributed by atoms with van der Waals surface area (Å²) in [7, 11) is 0. The predicted octanol–water partition coefficient (Wildman–Crippen LogP) is 1.76. The Bertz CT molecular complexity index is 434. The first-order valence-electron chi connectivity index (χ1n) is 4.65. The lowest BCUT2D eigenvalue weighted by atomic mass is 10.1. The number of hydrogen-bond acceptors (Lipinski definition) is 3. The molecule has 0 aliphatic carbocycles. The Morgan fingerprint density at radius 2 is 2.07 bits per heavy atom. The van der Waals surface area contributed by atoms with E-state index in [1.165, 1.54) is 0 Å². The summed E-state index contributed by atoms with van der Waals surface area (Å²) in [6, 6.07) is 11.6. The van der Waals surface area contributed by atoms with E-state index >= 15 is 0 Å². The lowest BCUT2D eigenvalue weighted by Gasteiger charge is -2.03. The second kappa shape index (κ2) is 4.41. The number of rotatable bonds is 2. The summed E-state index contributed by atoms with van der Waals surface area (Å²) >= 11 is 0. The third-order valence-corrected chi connectivity index (χ3v) is 2.09. The molecule has 4 nitrogen and oxygen atoms in total. The second-order valence-corrected chi connectivity index (χ2v) is 3.13. The fourth-order valence-electron chi connectivity index (χ4n) is 1.36. The largest absolute Gasteiger partial charge is 0.409 e. The van der Waals surface area contributed by atoms with Crippen LogP contribution in [0.4, 0.5) is 0 Å². The van der Waals surface area contributed by atoms with Gasteiger partial charge in [-0.15, -0.1) is 0 Å². The Morgan fingerprint density at radius 1 is 1.27 bits per heavy atom. The molecule has 0 saturated heterocycles. The molecular formula is C11H11N3O. The maximum atomic E-state index is 8.89. The van der Waals surface area contributed by atoms with E-state index in [9.17, 15) is 0 Å². The molecule has 1 heterocycles. The maximum Gasteiger partial charge on any atom is 0.173 e. The zero-order valence-corrected chi connectivity index (χ0v) is 8.11. The number of oxime groups is 1. The molecule has 0 aliphatic heterocycles. The Kier molecular flexibility index (Phi) is 2.78. The summed E-state index contributed by atoms with van der Waals surface area (Å²) in [5, 5.41) is 16.1. The molecule has 1 N–H and O–H groups in total. The summed E-state index contributed by atoms with van der Waals surface area (Å²) in [5.74, 6) is 0.506. The molecule has 0 radical (unpaired) electrons. The molecule has 0 bridgehead atoms. The van der Waals surface area contributed by atoms with E-state index in [0.29, 0.717) is 12.3 Å². The third kappa shape index (κ3) is 2.22. The first-order valence-corrected chi connectivity index (χ1v) is 4.65. The molecule has 4 heteroatoms. The molecule has 0 aliphatic rings. The van der Waals surface area contributed by atoms with E-state index in [2.05, 4.69) is 10.3 Å². The molecule has 76 valence electrons. The van der Waals surface area contributed by atoms with Gasteiger partial charge >= 0.3 is 0 Å². The number of aromatic nitrogens is 2. The molecule has 0 amide bonds. The summed E-state index contributed by atoms with van der Waals surface area (Å²) < 4.78 is 1.55. The SMILES string of the molecule is O/N=C(/Cc1ccccc1)n1cccn1. The van der Waals surface area contributed by atoms with Crippen LogP contribution in [-0.2, 0) is 6.42 Å². The molecule has 2 aromatic rings. The normalized spacial score (nSPS) is 11.6. The van der Waals surface area contributed by atoms with Gasteiger partial charge in [-0.3, -0.25) is 0 Å². The topological polar surface area (TPSA) is 50.4 Å². The summed E-state index contributed by atoms with van der Waals surface area (Å²) in [6.07, 6.45) is 3.95. The van der Waals surface area contributed by atoms with Crippen molar-refractivity contribution in [2.24, 2.45) is 5.16 Å². The zero-order chi connectivity index (χ0) is 10.5. The van der Waals surface area contributed by atoms with E-state index < -0.39 is 0 Å². The molecule has 0 fully saturated rings. The van der Waals surface area contributed by atoms with E-state index in [4.69, 9.17) is 5.21 Å². The summed E-state index contributed by atoms with van der Waals surface area (Å²) in [4.78, 5) is 0. The van der Waals surface area contributed by atoms with E-state index in [-0.39, 0.29) is 0 Å². The Labute approximate surface area is 87.5 Å². The Morgan fingerprint density at radius 3 is 2.67 bits per heavy atom. The van der Waals surface area contributed by atoms with E-state index in [1.54, 1.807) is 23.1 Å². The molecule has 1 aromatic heterocycles. The smallest absolute Gasteiger partial charge is 0.173 e. The average molecular weight is 201 g/mol. The van der Waals surface area contributed by atoms with E-state index in [1.807, 2.05) is 30.3 Å². The molecular weight excluding hydrogens is 190 g/mol. The fraction of sp³-hybridized carbons (Fsp3) is 0.0909. The first-order chi connectivity index (χ1) is 7.40. The average Bonchev–Trinajstić information content (AvgIpc) is 2.81. The van der Waals surface area contributed by atoms with Gasteiger partial charge in [0.2, 0.25) is 0 Å². The van der Waals surface area contributed by atoms with Crippen LogP contribution in [0.25, 0.3) is 0 Å². The molecule has 2 rings (SSSR count). The minimum Gasteiger partial charge on any atom is -0.409 e. The van der Waals surface area contributed by atoms with Crippen LogP contribution in [0.3, 0.4) is 0 Å². The highest BCUT2D eigenvalue weighted by atomic mass is 16.4. The summed E-state index contributed by atoms with van der Waals surface area (Å²) in [6.45, 7) is 0. The molecule has 0 spiro atoms. The van der Waals surface area contributed by atoms with Crippen LogP contribution in [0.1, 0.15) is 5.56 Å². The van der Waals surface area contributed by atoms with Crippen LogP contribution < -0.4 is 0 Å². The van der Waals surface area contributed by atoms with Gasteiger partial charge in [0, 0.05) is 18.8 Å². The van der Waals surface area contributed by atoms with Crippen molar-refractivity contribution < 1.29 is 5.21 Å². The molecule has 15 heavy (non-hydrogen) atoms. The highest BCUT2D eigenvalue weighted by Crippen LogP contribution is 2.02. The Balaban J connectivity index is 2.18. The highest BCUT2D eigenvalue weighted by Gasteiger charge is 2.04. The van der Waals surface area contributed by atoms with Gasteiger partial charge in [0.1, 0.15) is 0 Å². The summed E-state index contributed by atoms with van der Waals surface area (Å²) in [5.41, 5.74) is 1.08. The van der Waals surface area contributed by atoms with Gasteiger partial charge < -0.3 is 5.21 Å². The van der Waals surface area contributed by atoms with Gasteiger partial charge in [-0.05, 0) is 11.6 Å². The van der Waals surface area contributed by atoms with Gasteiger partial charge in [-0.2, -0.15) is 5.10 Å². The highest BCUT2D eigenvalue weighted by molar-refractivity contribution is 5.85. The van der Waals surface area contributed by atoms with Crippen LogP contribution in [-0.4, -0.2) is 20.8 Å². The minimum atomic E-state index is 0.506. The van der Waals surface area contributed by atoms with Gasteiger partial charge in [0.15, 0.2) is 5.84 Å². The van der Waals surface area contributed by atoms with Crippen molar-refractivity contribution in [2.75, 3.05) is 0 Å². The lowest BCUT2D eigenvalue weighted by molar-refractivity contribution is 0.315. The third-order valence-electron chi connectivity index (χ3n) is 2.09. The van der Waals surface area contributed by atoms with Crippen molar-refractivity contribution in [2.45, 2.75) is 6.42 Å². The predicted molar refractivity (Wildman–Crippen MR) is 57.0 cm³/mol. The minimum absolute atomic E-state index is 0.506. The monoisotopic (exact) mass is 201 g/mol. The zero-order valence-electron chi connectivity index (χ0n) is 8.11. The van der Waals surface area contributed by atoms with Crippen LogP contribution >= 0.6 is 0 Å². The number of benzene rings is 1. The van der Waals surface area contributed by atoms with Crippen molar-refractivity contribution in [1.82, 2.24) is 9.78 Å². The molecule has 0 atom stereocenters. The fourth-order valence-corrected chi connectivity index (χ4v) is 1.36. The molecule has 1 aromatic carbocycles.